The van der Waals surface area contributed by atoms with Crippen LogP contribution in [-0.2, 0) is 9.59 Å². The Morgan fingerprint density at radius 3 is 1.31 bits per heavy atom. The molecule has 26 heavy (non-hydrogen) atoms. The van der Waals surface area contributed by atoms with Crippen LogP contribution in [0.25, 0.3) is 0 Å². The topological polar surface area (TPSA) is 101 Å². The molecule has 4 N–H and O–H groups in total. The molecule has 0 unspecified atom stereocenters. The molecule has 0 amide bonds. The highest BCUT2D eigenvalue weighted by molar-refractivity contribution is 5.73. The zero-order valence-corrected chi connectivity index (χ0v) is 17.3. The lowest BCUT2D eigenvalue weighted by Gasteiger charge is -2.07. The van der Waals surface area contributed by atoms with Crippen molar-refractivity contribution in [1.82, 2.24) is 0 Å². The number of rotatable bonds is 16. The predicted molar refractivity (Wildman–Crippen MR) is 108 cm³/mol. The molecule has 0 aliphatic rings. The molecule has 0 rings (SSSR count). The van der Waals surface area contributed by atoms with Gasteiger partial charge in [0.25, 0.3) is 0 Å². The molecule has 0 spiro atoms. The Morgan fingerprint density at radius 1 is 0.731 bits per heavy atom. The van der Waals surface area contributed by atoms with Gasteiger partial charge in [-0.2, -0.15) is 0 Å². The van der Waals surface area contributed by atoms with E-state index in [0.717, 1.165) is 12.8 Å². The number of hydrogen-bond acceptors (Lipinski definition) is 3. The van der Waals surface area contributed by atoms with Crippen LogP contribution >= 0.6 is 0 Å². The Bertz CT molecular complexity index is 332. The minimum atomic E-state index is -0.931. The highest BCUT2D eigenvalue weighted by atomic mass is 16.4. The number of nitrogens with two attached hydrogens (primary N) is 1. The lowest BCUT2D eigenvalue weighted by molar-refractivity contribution is -0.139. The molecule has 0 saturated heterocycles. The fraction of sp³-hybridized carbons (Fsp3) is 0.905. The van der Waals surface area contributed by atoms with E-state index in [1.54, 1.807) is 13.8 Å². The summed E-state index contributed by atoms with van der Waals surface area (Å²) in [5.74, 6) is -1.56. The van der Waals surface area contributed by atoms with E-state index in [0.29, 0.717) is 6.42 Å². The van der Waals surface area contributed by atoms with Gasteiger partial charge in [-0.3, -0.25) is 9.59 Å². The summed E-state index contributed by atoms with van der Waals surface area (Å²) in [5, 5.41) is 16.7. The van der Waals surface area contributed by atoms with Gasteiger partial charge >= 0.3 is 11.9 Å². The van der Waals surface area contributed by atoms with Gasteiger partial charge in [-0.05, 0) is 12.3 Å². The van der Waals surface area contributed by atoms with Crippen molar-refractivity contribution >= 4 is 11.9 Å². The normalized spacial score (nSPS) is 11.7. The van der Waals surface area contributed by atoms with Crippen molar-refractivity contribution in [2.75, 3.05) is 0 Å². The Hall–Kier alpha value is -1.10. The van der Waals surface area contributed by atoms with Crippen molar-refractivity contribution in [3.63, 3.8) is 0 Å². The summed E-state index contributed by atoms with van der Waals surface area (Å²) in [4.78, 5) is 20.3. The average molecular weight is 374 g/mol. The van der Waals surface area contributed by atoms with Crippen molar-refractivity contribution in [2.45, 2.75) is 117 Å². The van der Waals surface area contributed by atoms with Crippen molar-refractivity contribution in [3.8, 4) is 0 Å². The van der Waals surface area contributed by atoms with Crippen LogP contribution in [0.4, 0.5) is 0 Å². The quantitative estimate of drug-likeness (QED) is 0.305. The molecule has 0 aromatic carbocycles. The first-order valence-corrected chi connectivity index (χ1v) is 10.5. The van der Waals surface area contributed by atoms with E-state index in [4.69, 9.17) is 15.9 Å². The van der Waals surface area contributed by atoms with Crippen molar-refractivity contribution < 1.29 is 19.8 Å². The Morgan fingerprint density at radius 2 is 1.08 bits per heavy atom. The smallest absolute Gasteiger partial charge is 0.320 e. The minimum absolute atomic E-state index is 0.0208. The number of carboxylic acid groups (broad SMARTS) is 2. The number of hydrogen-bond donors (Lipinski definition) is 3. The van der Waals surface area contributed by atoms with E-state index in [1.807, 2.05) is 0 Å². The molecule has 0 aliphatic carbocycles. The molecule has 0 fully saturated rings. The second kappa shape index (κ2) is 20.2. The van der Waals surface area contributed by atoms with Crippen LogP contribution in [0.15, 0.2) is 0 Å². The van der Waals surface area contributed by atoms with Crippen LogP contribution in [0.2, 0.25) is 0 Å². The largest absolute Gasteiger partial charge is 0.481 e. The molecule has 0 aliphatic heterocycles. The highest BCUT2D eigenvalue weighted by Gasteiger charge is 2.14. The maximum absolute atomic E-state index is 10.3. The van der Waals surface area contributed by atoms with Gasteiger partial charge in [-0.15, -0.1) is 0 Å². The highest BCUT2D eigenvalue weighted by Crippen LogP contribution is 2.12. The standard InChI is InChI=1S/C16H32O2.C5H11NO2/c1-2-3-4-5-6-7-8-9-10-11-12-13-14-15-16(17)18;1-3(2)4(6)5(7)8/h2-15H2,1H3,(H,17,18);3-4H,6H2,1-2H3,(H,7,8)/t;4-/m.0/s1. The maximum Gasteiger partial charge on any atom is 0.320 e. The third-order valence-electron chi connectivity index (χ3n) is 4.50. The van der Waals surface area contributed by atoms with Crippen LogP contribution in [0.5, 0.6) is 0 Å². The summed E-state index contributed by atoms with van der Waals surface area (Å²) in [6.45, 7) is 5.81. The zero-order chi connectivity index (χ0) is 20.2. The number of unbranched alkanes of at least 4 members (excludes halogenated alkanes) is 12. The van der Waals surface area contributed by atoms with Gasteiger partial charge in [0.15, 0.2) is 0 Å². The van der Waals surface area contributed by atoms with E-state index in [-0.39, 0.29) is 5.92 Å². The fourth-order valence-electron chi connectivity index (χ4n) is 2.58. The fourth-order valence-corrected chi connectivity index (χ4v) is 2.58. The molecule has 0 aromatic heterocycles. The van der Waals surface area contributed by atoms with Crippen LogP contribution in [0.1, 0.15) is 111 Å². The summed E-state index contributed by atoms with van der Waals surface area (Å²) >= 11 is 0. The third-order valence-corrected chi connectivity index (χ3v) is 4.50. The number of aliphatic carboxylic acids is 2. The van der Waals surface area contributed by atoms with Gasteiger partial charge in [0.1, 0.15) is 6.04 Å². The molecule has 0 bridgehead atoms. The lowest BCUT2D eigenvalue weighted by Crippen LogP contribution is -2.34. The predicted octanol–water partition coefficient (Wildman–Crippen LogP) is 5.61. The first-order chi connectivity index (χ1) is 12.3. The van der Waals surface area contributed by atoms with Crippen LogP contribution in [0, 0.1) is 5.92 Å². The molecule has 5 heteroatoms. The van der Waals surface area contributed by atoms with Gasteiger partial charge in [-0.1, -0.05) is 97.8 Å². The van der Waals surface area contributed by atoms with Crippen molar-refractivity contribution in [1.29, 1.82) is 0 Å². The van der Waals surface area contributed by atoms with E-state index >= 15 is 0 Å². The summed E-state index contributed by atoms with van der Waals surface area (Å²) in [5.41, 5.74) is 5.16. The van der Waals surface area contributed by atoms with Crippen LogP contribution in [0.3, 0.4) is 0 Å². The summed E-state index contributed by atoms with van der Waals surface area (Å²) in [6, 6.07) is -0.713. The van der Waals surface area contributed by atoms with Gasteiger partial charge < -0.3 is 15.9 Å². The lowest BCUT2D eigenvalue weighted by atomic mass is 10.0. The molecule has 156 valence electrons. The third kappa shape index (κ3) is 22.9. The van der Waals surface area contributed by atoms with E-state index in [9.17, 15) is 9.59 Å². The Kier molecular flexibility index (Phi) is 21.1. The molecule has 0 saturated carbocycles. The second-order valence-corrected chi connectivity index (χ2v) is 7.49. The molecule has 1 atom stereocenters. The zero-order valence-electron chi connectivity index (χ0n) is 17.3. The molecule has 0 aromatic rings. The first kappa shape index (κ1) is 27.1. The Labute approximate surface area is 160 Å². The van der Waals surface area contributed by atoms with E-state index in [2.05, 4.69) is 6.92 Å². The average Bonchev–Trinajstić information content (AvgIpc) is 2.58. The minimum Gasteiger partial charge on any atom is -0.481 e. The van der Waals surface area contributed by atoms with Crippen LogP contribution < -0.4 is 5.73 Å². The molecular weight excluding hydrogens is 330 g/mol. The summed E-state index contributed by atoms with van der Waals surface area (Å²) in [7, 11) is 0. The van der Waals surface area contributed by atoms with Crippen LogP contribution in [-0.4, -0.2) is 28.2 Å². The monoisotopic (exact) mass is 373 g/mol. The van der Waals surface area contributed by atoms with Gasteiger partial charge in [0.2, 0.25) is 0 Å². The van der Waals surface area contributed by atoms with E-state index in [1.165, 1.54) is 70.6 Å². The molecular formula is C21H43NO4. The second-order valence-electron chi connectivity index (χ2n) is 7.49. The number of carbonyl (C=O) groups is 2. The maximum atomic E-state index is 10.3. The summed E-state index contributed by atoms with van der Waals surface area (Å²) in [6.07, 6.45) is 17.3. The number of carboxylic acids is 2. The molecule has 0 radical (unpaired) electrons. The molecule has 5 nitrogen and oxygen atoms in total. The van der Waals surface area contributed by atoms with E-state index < -0.39 is 18.0 Å². The van der Waals surface area contributed by atoms with Gasteiger partial charge in [0.05, 0.1) is 0 Å². The van der Waals surface area contributed by atoms with Crippen molar-refractivity contribution in [2.24, 2.45) is 11.7 Å². The van der Waals surface area contributed by atoms with Crippen molar-refractivity contribution in [3.05, 3.63) is 0 Å². The summed E-state index contributed by atoms with van der Waals surface area (Å²) < 4.78 is 0. The SMILES string of the molecule is CC(C)[C@H](N)C(=O)O.CCCCCCCCCCCCCCCC(=O)O. The molecule has 0 heterocycles. The Balaban J connectivity index is 0. The van der Waals surface area contributed by atoms with Gasteiger partial charge in [0, 0.05) is 6.42 Å². The van der Waals surface area contributed by atoms with Gasteiger partial charge in [-0.25, -0.2) is 0 Å². The first-order valence-electron chi connectivity index (χ1n) is 10.5.